The molecule has 0 aromatic heterocycles. The Labute approximate surface area is 127 Å². The fourth-order valence-electron chi connectivity index (χ4n) is 3.15. The van der Waals surface area contributed by atoms with E-state index in [-0.39, 0.29) is 0 Å². The van der Waals surface area contributed by atoms with E-state index in [1.165, 1.54) is 32.1 Å². The van der Waals surface area contributed by atoms with Crippen LogP contribution in [0.25, 0.3) is 0 Å². The van der Waals surface area contributed by atoms with E-state index in [1.807, 2.05) is 18.2 Å². The van der Waals surface area contributed by atoms with E-state index in [9.17, 15) is 0 Å². The third kappa shape index (κ3) is 4.05. The number of ether oxygens (including phenoxy) is 1. The number of nitrogens with one attached hydrogen (secondary N) is 1. The number of benzene rings is 1. The van der Waals surface area contributed by atoms with Crippen molar-refractivity contribution in [2.24, 2.45) is 11.8 Å². The smallest absolute Gasteiger partial charge is 0.142 e. The predicted molar refractivity (Wildman–Crippen MR) is 86.8 cm³/mol. The van der Waals surface area contributed by atoms with E-state index >= 15 is 0 Å². The second-order valence-electron chi connectivity index (χ2n) is 6.20. The summed E-state index contributed by atoms with van der Waals surface area (Å²) in [6, 6.07) is 6.29. The second kappa shape index (κ2) is 7.21. The molecular formula is C17H26ClNO. The Morgan fingerprint density at radius 2 is 2.00 bits per heavy atom. The molecule has 2 nitrogen and oxygen atoms in total. The minimum atomic E-state index is 0.533. The Hall–Kier alpha value is -0.890. The highest BCUT2D eigenvalue weighted by Gasteiger charge is 2.21. The minimum Gasteiger partial charge on any atom is -0.495 e. The summed E-state index contributed by atoms with van der Waals surface area (Å²) >= 11 is 6.09. The average molecular weight is 296 g/mol. The molecule has 112 valence electrons. The second-order valence-corrected chi connectivity index (χ2v) is 6.63. The molecule has 1 saturated carbocycles. The van der Waals surface area contributed by atoms with Crippen molar-refractivity contribution in [2.75, 3.05) is 12.4 Å². The third-order valence-electron chi connectivity index (χ3n) is 4.48. The van der Waals surface area contributed by atoms with Gasteiger partial charge in [-0.05, 0) is 49.3 Å². The standard InChI is InChI=1S/C17H26ClNO/c1-12(2)13-5-4-6-15(9-7-13)19-16-11-14(18)8-10-17(16)20-3/h8,10-13,15,19H,4-7,9H2,1-3H3. The summed E-state index contributed by atoms with van der Waals surface area (Å²) in [6.07, 6.45) is 6.46. The van der Waals surface area contributed by atoms with Crippen LogP contribution >= 0.6 is 11.6 Å². The molecule has 0 saturated heterocycles. The molecule has 1 aliphatic rings. The van der Waals surface area contributed by atoms with Gasteiger partial charge in [0.2, 0.25) is 0 Å². The van der Waals surface area contributed by atoms with Crippen molar-refractivity contribution in [3.05, 3.63) is 23.2 Å². The zero-order valence-corrected chi connectivity index (χ0v) is 13.5. The molecule has 0 heterocycles. The van der Waals surface area contributed by atoms with Gasteiger partial charge < -0.3 is 10.1 Å². The fraction of sp³-hybridized carbons (Fsp3) is 0.647. The van der Waals surface area contributed by atoms with Crippen LogP contribution in [-0.4, -0.2) is 13.2 Å². The number of rotatable bonds is 4. The van der Waals surface area contributed by atoms with Gasteiger partial charge >= 0.3 is 0 Å². The molecule has 0 amide bonds. The molecule has 2 rings (SSSR count). The van der Waals surface area contributed by atoms with E-state index in [0.717, 1.165) is 28.3 Å². The lowest BCUT2D eigenvalue weighted by molar-refractivity contribution is 0.341. The van der Waals surface area contributed by atoms with Crippen LogP contribution in [0.5, 0.6) is 5.75 Å². The Morgan fingerprint density at radius 3 is 2.70 bits per heavy atom. The zero-order valence-electron chi connectivity index (χ0n) is 12.8. The summed E-state index contributed by atoms with van der Waals surface area (Å²) < 4.78 is 5.41. The van der Waals surface area contributed by atoms with Crippen molar-refractivity contribution in [1.29, 1.82) is 0 Å². The Balaban J connectivity index is 2.01. The van der Waals surface area contributed by atoms with E-state index in [4.69, 9.17) is 16.3 Å². The van der Waals surface area contributed by atoms with Gasteiger partial charge in [-0.2, -0.15) is 0 Å². The van der Waals surface area contributed by atoms with Crippen LogP contribution < -0.4 is 10.1 Å². The molecule has 2 atom stereocenters. The Kier molecular flexibility index (Phi) is 5.59. The van der Waals surface area contributed by atoms with Crippen LogP contribution in [0.4, 0.5) is 5.69 Å². The number of hydrogen-bond donors (Lipinski definition) is 1. The summed E-state index contributed by atoms with van der Waals surface area (Å²) in [4.78, 5) is 0. The SMILES string of the molecule is COc1ccc(Cl)cc1NC1CCCC(C(C)C)CC1. The number of methoxy groups -OCH3 is 1. The summed E-state index contributed by atoms with van der Waals surface area (Å²) in [5.74, 6) is 2.55. The molecule has 1 aromatic carbocycles. The molecule has 0 bridgehead atoms. The predicted octanol–water partition coefficient (Wildman–Crippen LogP) is 5.37. The lowest BCUT2D eigenvalue weighted by atomic mass is 9.89. The highest BCUT2D eigenvalue weighted by atomic mass is 35.5. The first-order chi connectivity index (χ1) is 9.60. The number of halogens is 1. The molecule has 1 aliphatic carbocycles. The maximum absolute atomic E-state index is 6.09. The monoisotopic (exact) mass is 295 g/mol. The first kappa shape index (κ1) is 15.5. The molecule has 2 unspecified atom stereocenters. The van der Waals surface area contributed by atoms with Gasteiger partial charge in [-0.15, -0.1) is 0 Å². The van der Waals surface area contributed by atoms with Crippen LogP contribution in [0.2, 0.25) is 5.02 Å². The van der Waals surface area contributed by atoms with Gasteiger partial charge in [0.15, 0.2) is 0 Å². The van der Waals surface area contributed by atoms with Crippen LogP contribution in [0.3, 0.4) is 0 Å². The van der Waals surface area contributed by atoms with Crippen molar-refractivity contribution in [3.8, 4) is 5.75 Å². The summed E-state index contributed by atoms with van der Waals surface area (Å²) in [6.45, 7) is 4.69. The van der Waals surface area contributed by atoms with Gasteiger partial charge in [0.25, 0.3) is 0 Å². The third-order valence-corrected chi connectivity index (χ3v) is 4.71. The van der Waals surface area contributed by atoms with E-state index in [0.29, 0.717) is 6.04 Å². The summed E-state index contributed by atoms with van der Waals surface area (Å²) in [7, 11) is 1.70. The van der Waals surface area contributed by atoms with Crippen LogP contribution in [0.1, 0.15) is 46.0 Å². The van der Waals surface area contributed by atoms with Crippen molar-refractivity contribution in [2.45, 2.75) is 52.0 Å². The number of anilines is 1. The normalized spacial score (nSPS) is 23.4. The molecule has 1 fully saturated rings. The van der Waals surface area contributed by atoms with Gasteiger partial charge in [0.1, 0.15) is 5.75 Å². The van der Waals surface area contributed by atoms with Gasteiger partial charge in [-0.3, -0.25) is 0 Å². The molecule has 0 spiro atoms. The molecule has 1 N–H and O–H groups in total. The Morgan fingerprint density at radius 1 is 1.20 bits per heavy atom. The first-order valence-electron chi connectivity index (χ1n) is 7.70. The summed E-state index contributed by atoms with van der Waals surface area (Å²) in [5.41, 5.74) is 1.02. The molecule has 3 heteroatoms. The van der Waals surface area contributed by atoms with Crippen molar-refractivity contribution in [1.82, 2.24) is 0 Å². The average Bonchev–Trinajstić information content (AvgIpc) is 2.65. The number of hydrogen-bond acceptors (Lipinski definition) is 2. The van der Waals surface area contributed by atoms with Crippen LogP contribution in [-0.2, 0) is 0 Å². The first-order valence-corrected chi connectivity index (χ1v) is 8.08. The van der Waals surface area contributed by atoms with E-state index in [2.05, 4.69) is 19.2 Å². The van der Waals surface area contributed by atoms with Gasteiger partial charge in [0.05, 0.1) is 12.8 Å². The maximum Gasteiger partial charge on any atom is 0.142 e. The quantitative estimate of drug-likeness (QED) is 0.754. The lowest BCUT2D eigenvalue weighted by Gasteiger charge is -2.21. The van der Waals surface area contributed by atoms with Crippen molar-refractivity contribution >= 4 is 17.3 Å². The highest BCUT2D eigenvalue weighted by molar-refractivity contribution is 6.30. The maximum atomic E-state index is 6.09. The molecule has 0 aliphatic heterocycles. The van der Waals surface area contributed by atoms with Crippen molar-refractivity contribution < 1.29 is 4.74 Å². The van der Waals surface area contributed by atoms with E-state index in [1.54, 1.807) is 7.11 Å². The van der Waals surface area contributed by atoms with Crippen LogP contribution in [0.15, 0.2) is 18.2 Å². The lowest BCUT2D eigenvalue weighted by Crippen LogP contribution is -2.19. The molecule has 20 heavy (non-hydrogen) atoms. The fourth-order valence-corrected chi connectivity index (χ4v) is 3.33. The topological polar surface area (TPSA) is 21.3 Å². The Bertz CT molecular complexity index is 433. The zero-order chi connectivity index (χ0) is 14.5. The molecular weight excluding hydrogens is 270 g/mol. The van der Waals surface area contributed by atoms with Gasteiger partial charge in [-0.1, -0.05) is 38.3 Å². The largest absolute Gasteiger partial charge is 0.495 e. The molecule has 1 aromatic rings. The summed E-state index contributed by atoms with van der Waals surface area (Å²) in [5, 5.41) is 4.38. The van der Waals surface area contributed by atoms with Crippen LogP contribution in [0, 0.1) is 11.8 Å². The highest BCUT2D eigenvalue weighted by Crippen LogP contribution is 2.33. The minimum absolute atomic E-state index is 0.533. The van der Waals surface area contributed by atoms with E-state index < -0.39 is 0 Å². The van der Waals surface area contributed by atoms with Crippen molar-refractivity contribution in [3.63, 3.8) is 0 Å². The van der Waals surface area contributed by atoms with Gasteiger partial charge in [-0.25, -0.2) is 0 Å². The molecule has 0 radical (unpaired) electrons. The van der Waals surface area contributed by atoms with Gasteiger partial charge in [0, 0.05) is 11.1 Å².